The Balaban J connectivity index is 1.68. The Kier molecular flexibility index (Phi) is 2.85. The predicted octanol–water partition coefficient (Wildman–Crippen LogP) is 1.59. The minimum Gasteiger partial charge on any atom is -0.319 e. The molecule has 6 nitrogen and oxygen atoms in total. The highest BCUT2D eigenvalue weighted by atomic mass is 16.1. The molecule has 1 aliphatic rings. The van der Waals surface area contributed by atoms with Crippen molar-refractivity contribution in [1.29, 1.82) is 0 Å². The number of rotatable bonds is 4. The number of aryl methyl sites for hydroxylation is 2. The Morgan fingerprint density at radius 3 is 2.89 bits per heavy atom. The van der Waals surface area contributed by atoms with Crippen LogP contribution in [0, 0.1) is 12.8 Å². The number of hydrogen-bond donors (Lipinski definition) is 1. The van der Waals surface area contributed by atoms with Crippen molar-refractivity contribution >= 4 is 11.6 Å². The Bertz CT molecular complexity index is 608. The van der Waals surface area contributed by atoms with Crippen molar-refractivity contribution in [3.05, 3.63) is 29.8 Å². The smallest absolute Gasteiger partial charge is 0.259 e. The summed E-state index contributed by atoms with van der Waals surface area (Å²) in [6.45, 7) is 2.77. The van der Waals surface area contributed by atoms with E-state index in [9.17, 15) is 4.79 Å². The number of nitrogens with zero attached hydrogens (tertiary/aromatic N) is 4. The summed E-state index contributed by atoms with van der Waals surface area (Å²) < 4.78 is 3.53. The number of anilines is 1. The van der Waals surface area contributed by atoms with Crippen LogP contribution in [0.4, 0.5) is 5.69 Å². The van der Waals surface area contributed by atoms with Gasteiger partial charge in [-0.3, -0.25) is 14.2 Å². The summed E-state index contributed by atoms with van der Waals surface area (Å²) in [5.74, 6) is 0.626. The van der Waals surface area contributed by atoms with Crippen molar-refractivity contribution in [2.75, 3.05) is 5.32 Å². The number of nitrogens with one attached hydrogen (secondary N) is 1. The molecule has 6 heteroatoms. The highest BCUT2D eigenvalue weighted by Gasteiger charge is 2.22. The SMILES string of the molecule is Cc1nn(C)cc1C(=O)Nc1cnn(CC2CC2)c1. The predicted molar refractivity (Wildman–Crippen MR) is 70.8 cm³/mol. The molecule has 1 saturated carbocycles. The lowest BCUT2D eigenvalue weighted by Gasteiger charge is -2.00. The normalized spacial score (nSPS) is 14.6. The minimum absolute atomic E-state index is 0.142. The van der Waals surface area contributed by atoms with Crippen LogP contribution in [0.1, 0.15) is 28.9 Å². The first kappa shape index (κ1) is 12.0. The molecule has 0 unspecified atom stereocenters. The van der Waals surface area contributed by atoms with Crippen molar-refractivity contribution < 1.29 is 4.79 Å². The average Bonchev–Trinajstić information content (AvgIpc) is 2.94. The molecule has 1 aliphatic carbocycles. The molecule has 1 amide bonds. The van der Waals surface area contributed by atoms with Crippen molar-refractivity contribution in [2.45, 2.75) is 26.3 Å². The molecule has 0 aromatic carbocycles. The Hall–Kier alpha value is -2.11. The van der Waals surface area contributed by atoms with Gasteiger partial charge in [0.2, 0.25) is 0 Å². The summed E-state index contributed by atoms with van der Waals surface area (Å²) in [6, 6.07) is 0. The minimum atomic E-state index is -0.142. The number of aromatic nitrogens is 4. The van der Waals surface area contributed by atoms with E-state index in [-0.39, 0.29) is 5.91 Å². The molecule has 2 aromatic heterocycles. The highest BCUT2D eigenvalue weighted by molar-refractivity contribution is 6.04. The molecule has 100 valence electrons. The Labute approximate surface area is 111 Å². The van der Waals surface area contributed by atoms with Gasteiger partial charge < -0.3 is 5.32 Å². The van der Waals surface area contributed by atoms with Crippen LogP contribution in [0.3, 0.4) is 0 Å². The van der Waals surface area contributed by atoms with Gasteiger partial charge in [-0.15, -0.1) is 0 Å². The van der Waals surface area contributed by atoms with Gasteiger partial charge in [-0.2, -0.15) is 10.2 Å². The van der Waals surface area contributed by atoms with E-state index < -0.39 is 0 Å². The van der Waals surface area contributed by atoms with E-state index in [2.05, 4.69) is 15.5 Å². The zero-order chi connectivity index (χ0) is 13.4. The van der Waals surface area contributed by atoms with Crippen molar-refractivity contribution in [3.63, 3.8) is 0 Å². The van der Waals surface area contributed by atoms with Gasteiger partial charge in [0, 0.05) is 26.0 Å². The lowest BCUT2D eigenvalue weighted by atomic mass is 10.2. The van der Waals surface area contributed by atoms with Gasteiger partial charge >= 0.3 is 0 Å². The van der Waals surface area contributed by atoms with E-state index in [1.807, 2.05) is 17.8 Å². The van der Waals surface area contributed by atoms with Gasteiger partial charge in [-0.1, -0.05) is 0 Å². The van der Waals surface area contributed by atoms with Crippen LogP contribution in [-0.2, 0) is 13.6 Å². The fourth-order valence-corrected chi connectivity index (χ4v) is 2.11. The molecule has 1 N–H and O–H groups in total. The fourth-order valence-electron chi connectivity index (χ4n) is 2.11. The summed E-state index contributed by atoms with van der Waals surface area (Å²) in [4.78, 5) is 12.1. The van der Waals surface area contributed by atoms with E-state index >= 15 is 0 Å². The molecule has 2 aromatic rings. The first-order chi connectivity index (χ1) is 9.11. The summed E-state index contributed by atoms with van der Waals surface area (Å²) >= 11 is 0. The zero-order valence-electron chi connectivity index (χ0n) is 11.1. The first-order valence-electron chi connectivity index (χ1n) is 6.46. The largest absolute Gasteiger partial charge is 0.319 e. The van der Waals surface area contributed by atoms with Gasteiger partial charge in [0.15, 0.2) is 0 Å². The molecule has 2 heterocycles. The molecule has 1 fully saturated rings. The van der Waals surface area contributed by atoms with Crippen LogP contribution in [0.25, 0.3) is 0 Å². The van der Waals surface area contributed by atoms with Crippen LogP contribution in [0.2, 0.25) is 0 Å². The van der Waals surface area contributed by atoms with Crippen LogP contribution in [0.5, 0.6) is 0 Å². The molecule has 19 heavy (non-hydrogen) atoms. The molecule has 0 radical (unpaired) electrons. The van der Waals surface area contributed by atoms with E-state index in [4.69, 9.17) is 0 Å². The summed E-state index contributed by atoms with van der Waals surface area (Å²) in [5, 5.41) is 11.3. The third-order valence-electron chi connectivity index (χ3n) is 3.29. The average molecular weight is 259 g/mol. The van der Waals surface area contributed by atoms with Crippen LogP contribution in [-0.4, -0.2) is 25.5 Å². The summed E-state index contributed by atoms with van der Waals surface area (Å²) in [6.07, 6.45) is 7.86. The summed E-state index contributed by atoms with van der Waals surface area (Å²) in [7, 11) is 1.80. The second-order valence-corrected chi connectivity index (χ2v) is 5.15. The molecule has 0 aliphatic heterocycles. The number of carbonyl (C=O) groups excluding carboxylic acids is 1. The molecule has 0 spiro atoms. The second kappa shape index (κ2) is 4.53. The van der Waals surface area contributed by atoms with E-state index in [1.165, 1.54) is 12.8 Å². The quantitative estimate of drug-likeness (QED) is 0.906. The van der Waals surface area contributed by atoms with Crippen molar-refractivity contribution in [2.24, 2.45) is 13.0 Å². The third-order valence-corrected chi connectivity index (χ3v) is 3.29. The van der Waals surface area contributed by atoms with Crippen LogP contribution >= 0.6 is 0 Å². The fraction of sp³-hybridized carbons (Fsp3) is 0.462. The molecule has 3 rings (SSSR count). The molecule has 0 atom stereocenters. The third kappa shape index (κ3) is 2.67. The maximum Gasteiger partial charge on any atom is 0.259 e. The Morgan fingerprint density at radius 2 is 2.26 bits per heavy atom. The maximum atomic E-state index is 12.1. The van der Waals surface area contributed by atoms with Crippen molar-refractivity contribution in [1.82, 2.24) is 19.6 Å². The topological polar surface area (TPSA) is 64.7 Å². The Morgan fingerprint density at radius 1 is 1.47 bits per heavy atom. The number of carbonyl (C=O) groups is 1. The van der Waals surface area contributed by atoms with E-state index in [0.29, 0.717) is 5.56 Å². The monoisotopic (exact) mass is 259 g/mol. The van der Waals surface area contributed by atoms with Gasteiger partial charge in [0.05, 0.1) is 23.1 Å². The lowest BCUT2D eigenvalue weighted by molar-refractivity contribution is 0.102. The highest BCUT2D eigenvalue weighted by Crippen LogP contribution is 2.30. The van der Waals surface area contributed by atoms with Crippen LogP contribution in [0.15, 0.2) is 18.6 Å². The van der Waals surface area contributed by atoms with Gasteiger partial charge in [0.25, 0.3) is 5.91 Å². The standard InChI is InChI=1S/C13H17N5O/c1-9-12(8-17(2)16-9)13(19)15-11-5-14-18(7-11)6-10-3-4-10/h5,7-8,10H,3-4,6H2,1-2H3,(H,15,19). The zero-order valence-corrected chi connectivity index (χ0v) is 11.1. The first-order valence-corrected chi connectivity index (χ1v) is 6.46. The van der Waals surface area contributed by atoms with Gasteiger partial charge in [-0.25, -0.2) is 0 Å². The number of amides is 1. The molecular weight excluding hydrogens is 242 g/mol. The molecule has 0 bridgehead atoms. The molecule has 0 saturated heterocycles. The van der Waals surface area contributed by atoms with Crippen LogP contribution < -0.4 is 5.32 Å². The van der Waals surface area contributed by atoms with E-state index in [0.717, 1.165) is 23.8 Å². The lowest BCUT2D eigenvalue weighted by Crippen LogP contribution is -2.12. The van der Waals surface area contributed by atoms with Gasteiger partial charge in [0.1, 0.15) is 0 Å². The maximum absolute atomic E-state index is 12.1. The number of hydrogen-bond acceptors (Lipinski definition) is 3. The van der Waals surface area contributed by atoms with E-state index in [1.54, 1.807) is 24.1 Å². The van der Waals surface area contributed by atoms with Gasteiger partial charge in [-0.05, 0) is 25.7 Å². The molecular formula is C13H17N5O. The summed E-state index contributed by atoms with van der Waals surface area (Å²) in [5.41, 5.74) is 2.05. The second-order valence-electron chi connectivity index (χ2n) is 5.15. The van der Waals surface area contributed by atoms with Crippen molar-refractivity contribution in [3.8, 4) is 0 Å².